The fourth-order valence-corrected chi connectivity index (χ4v) is 3.09. The molecule has 0 bridgehead atoms. The second kappa shape index (κ2) is 7.13. The fourth-order valence-electron chi connectivity index (χ4n) is 3.09. The quantitative estimate of drug-likeness (QED) is 0.704. The van der Waals surface area contributed by atoms with Gasteiger partial charge in [-0.15, -0.1) is 0 Å². The first kappa shape index (κ1) is 16.0. The van der Waals surface area contributed by atoms with Gasteiger partial charge in [0, 0.05) is 57.7 Å². The molecule has 0 N–H and O–H groups in total. The number of hydrogen-bond acceptors (Lipinski definition) is 3. The van der Waals surface area contributed by atoms with Crippen molar-refractivity contribution in [1.29, 1.82) is 0 Å². The Morgan fingerprint density at radius 1 is 1.43 bits per heavy atom. The van der Waals surface area contributed by atoms with Crippen molar-refractivity contribution in [2.75, 3.05) is 13.7 Å². The highest BCUT2D eigenvalue weighted by molar-refractivity contribution is 5.80. The molecule has 124 valence electrons. The van der Waals surface area contributed by atoms with Gasteiger partial charge in [0.05, 0.1) is 11.0 Å². The molecule has 0 radical (unpaired) electrons. The third-order valence-corrected chi connectivity index (χ3v) is 4.44. The summed E-state index contributed by atoms with van der Waals surface area (Å²) in [4.78, 5) is 18.4. The second-order valence-electron chi connectivity index (χ2n) is 6.30. The minimum Gasteiger partial charge on any atom is -0.385 e. The summed E-state index contributed by atoms with van der Waals surface area (Å²) in [6.07, 6.45) is 8.38. The summed E-state index contributed by atoms with van der Waals surface area (Å²) in [7, 11) is 1.74. The van der Waals surface area contributed by atoms with Crippen molar-refractivity contribution in [2.24, 2.45) is 0 Å². The molecule has 2 aromatic rings. The Bertz CT molecular complexity index is 676. The standard InChI is InChI=1S/C18H25N3O2/c1-14(22)21(16-7-8-16)13-15-12-20(10-3-4-11-23-2)17-6-5-9-19-18(15)17/h5-6,9,12,16H,3-4,7-8,10-11,13H2,1-2H3. The Balaban J connectivity index is 1.80. The summed E-state index contributed by atoms with van der Waals surface area (Å²) in [5.41, 5.74) is 3.32. The number of fused-ring (bicyclic) bond motifs is 1. The molecule has 2 heterocycles. The third kappa shape index (κ3) is 3.72. The predicted molar refractivity (Wildman–Crippen MR) is 90.1 cm³/mol. The molecule has 2 aromatic heterocycles. The van der Waals surface area contributed by atoms with Crippen LogP contribution in [-0.4, -0.2) is 40.1 Å². The second-order valence-corrected chi connectivity index (χ2v) is 6.30. The summed E-state index contributed by atoms with van der Waals surface area (Å²) in [6, 6.07) is 4.51. The number of nitrogens with zero attached hydrogens (tertiary/aromatic N) is 3. The number of carbonyl (C=O) groups excluding carboxylic acids is 1. The van der Waals surface area contributed by atoms with Gasteiger partial charge in [0.25, 0.3) is 0 Å². The van der Waals surface area contributed by atoms with E-state index in [1.807, 2.05) is 17.2 Å². The van der Waals surface area contributed by atoms with E-state index in [0.29, 0.717) is 12.6 Å². The van der Waals surface area contributed by atoms with E-state index in [4.69, 9.17) is 4.74 Å². The first-order valence-electron chi connectivity index (χ1n) is 8.39. The van der Waals surface area contributed by atoms with Crippen LogP contribution in [0.25, 0.3) is 11.0 Å². The molecule has 1 amide bonds. The van der Waals surface area contributed by atoms with Gasteiger partial charge in [-0.05, 0) is 37.8 Å². The van der Waals surface area contributed by atoms with Crippen LogP contribution in [0, 0.1) is 0 Å². The number of aryl methyl sites for hydroxylation is 1. The van der Waals surface area contributed by atoms with Gasteiger partial charge in [-0.2, -0.15) is 0 Å². The fraction of sp³-hybridized carbons (Fsp3) is 0.556. The van der Waals surface area contributed by atoms with E-state index in [0.717, 1.165) is 55.4 Å². The molecule has 1 aliphatic carbocycles. The van der Waals surface area contributed by atoms with Gasteiger partial charge in [0.15, 0.2) is 0 Å². The first-order chi connectivity index (χ1) is 11.2. The average molecular weight is 315 g/mol. The van der Waals surface area contributed by atoms with Gasteiger partial charge >= 0.3 is 0 Å². The highest BCUT2D eigenvalue weighted by Crippen LogP contribution is 2.30. The summed E-state index contributed by atoms with van der Waals surface area (Å²) in [5.74, 6) is 0.157. The number of hydrogen-bond donors (Lipinski definition) is 0. The summed E-state index contributed by atoms with van der Waals surface area (Å²) < 4.78 is 7.38. The van der Waals surface area contributed by atoms with Crippen LogP contribution in [0.2, 0.25) is 0 Å². The molecule has 0 spiro atoms. The van der Waals surface area contributed by atoms with Gasteiger partial charge in [-0.1, -0.05) is 0 Å². The Kier molecular flexibility index (Phi) is 4.96. The number of rotatable bonds is 8. The predicted octanol–water partition coefficient (Wildman–Crippen LogP) is 2.97. The normalized spacial score (nSPS) is 14.3. The van der Waals surface area contributed by atoms with E-state index < -0.39 is 0 Å². The number of amides is 1. The number of unbranched alkanes of at least 4 members (excludes halogenated alkanes) is 1. The molecule has 5 nitrogen and oxygen atoms in total. The minimum absolute atomic E-state index is 0.157. The van der Waals surface area contributed by atoms with Gasteiger partial charge in [-0.25, -0.2) is 0 Å². The van der Waals surface area contributed by atoms with Crippen LogP contribution in [0.1, 0.15) is 38.2 Å². The topological polar surface area (TPSA) is 47.4 Å². The van der Waals surface area contributed by atoms with Crippen molar-refractivity contribution >= 4 is 16.9 Å². The Hall–Kier alpha value is -1.88. The molecule has 0 unspecified atom stereocenters. The summed E-state index contributed by atoms with van der Waals surface area (Å²) >= 11 is 0. The molecule has 1 fully saturated rings. The van der Waals surface area contributed by atoms with Crippen molar-refractivity contribution < 1.29 is 9.53 Å². The van der Waals surface area contributed by atoms with E-state index >= 15 is 0 Å². The van der Waals surface area contributed by atoms with Gasteiger partial charge in [0.1, 0.15) is 0 Å². The SMILES string of the molecule is COCCCCn1cc(CN(C(C)=O)C2CC2)c2ncccc21. The average Bonchev–Trinajstić information content (AvgIpc) is 3.32. The zero-order valence-electron chi connectivity index (χ0n) is 14.0. The van der Waals surface area contributed by atoms with Gasteiger partial charge in [0.2, 0.25) is 5.91 Å². The molecule has 0 atom stereocenters. The molecule has 1 aliphatic rings. The van der Waals surface area contributed by atoms with Crippen molar-refractivity contribution in [3.05, 3.63) is 30.1 Å². The number of aromatic nitrogens is 2. The molecule has 0 aliphatic heterocycles. The lowest BCUT2D eigenvalue weighted by molar-refractivity contribution is -0.130. The number of pyridine rings is 1. The number of methoxy groups -OCH3 is 1. The van der Waals surface area contributed by atoms with E-state index in [2.05, 4.69) is 21.8 Å². The van der Waals surface area contributed by atoms with Crippen LogP contribution < -0.4 is 0 Å². The van der Waals surface area contributed by atoms with Gasteiger partial charge in [-0.3, -0.25) is 9.78 Å². The molecule has 3 rings (SSSR count). The molecule has 23 heavy (non-hydrogen) atoms. The molecule has 0 saturated heterocycles. The van der Waals surface area contributed by atoms with E-state index in [-0.39, 0.29) is 5.91 Å². The molecule has 0 aromatic carbocycles. The van der Waals surface area contributed by atoms with Crippen LogP contribution in [0.15, 0.2) is 24.5 Å². The largest absolute Gasteiger partial charge is 0.385 e. The van der Waals surface area contributed by atoms with Crippen molar-refractivity contribution in [1.82, 2.24) is 14.5 Å². The smallest absolute Gasteiger partial charge is 0.219 e. The highest BCUT2D eigenvalue weighted by Gasteiger charge is 2.31. The zero-order valence-corrected chi connectivity index (χ0v) is 14.0. The maximum absolute atomic E-state index is 11.9. The van der Waals surface area contributed by atoms with E-state index in [1.54, 1.807) is 14.0 Å². The molecular formula is C18H25N3O2. The summed E-state index contributed by atoms with van der Waals surface area (Å²) in [5, 5.41) is 0. The van der Waals surface area contributed by atoms with E-state index in [9.17, 15) is 4.79 Å². The maximum atomic E-state index is 11.9. The molecular weight excluding hydrogens is 290 g/mol. The molecule has 5 heteroatoms. The lowest BCUT2D eigenvalue weighted by Gasteiger charge is -2.19. The molecule has 1 saturated carbocycles. The Labute approximate surface area is 137 Å². The monoisotopic (exact) mass is 315 g/mol. The maximum Gasteiger partial charge on any atom is 0.219 e. The number of carbonyl (C=O) groups is 1. The zero-order chi connectivity index (χ0) is 16.2. The van der Waals surface area contributed by atoms with Crippen LogP contribution in [0.3, 0.4) is 0 Å². The lowest BCUT2D eigenvalue weighted by Crippen LogP contribution is -2.30. The minimum atomic E-state index is 0.157. The van der Waals surface area contributed by atoms with Crippen LogP contribution in [-0.2, 0) is 22.6 Å². The van der Waals surface area contributed by atoms with E-state index in [1.165, 1.54) is 0 Å². The van der Waals surface area contributed by atoms with Crippen LogP contribution >= 0.6 is 0 Å². The van der Waals surface area contributed by atoms with Gasteiger partial charge < -0.3 is 14.2 Å². The Morgan fingerprint density at radius 2 is 2.26 bits per heavy atom. The Morgan fingerprint density at radius 3 is 2.96 bits per heavy atom. The van der Waals surface area contributed by atoms with Crippen molar-refractivity contribution in [2.45, 2.75) is 51.7 Å². The van der Waals surface area contributed by atoms with Crippen molar-refractivity contribution in [3.63, 3.8) is 0 Å². The third-order valence-electron chi connectivity index (χ3n) is 4.44. The van der Waals surface area contributed by atoms with Crippen LogP contribution in [0.4, 0.5) is 0 Å². The highest BCUT2D eigenvalue weighted by atomic mass is 16.5. The lowest BCUT2D eigenvalue weighted by atomic mass is 10.2. The first-order valence-corrected chi connectivity index (χ1v) is 8.39. The summed E-state index contributed by atoms with van der Waals surface area (Å²) in [6.45, 7) is 4.08. The van der Waals surface area contributed by atoms with Crippen LogP contribution in [0.5, 0.6) is 0 Å². The van der Waals surface area contributed by atoms with Crippen molar-refractivity contribution in [3.8, 4) is 0 Å². The number of ether oxygens (including phenoxy) is 1.